The van der Waals surface area contributed by atoms with Crippen LogP contribution in [0.4, 0.5) is 14.5 Å². The van der Waals surface area contributed by atoms with E-state index in [1.165, 1.54) is 6.20 Å². The van der Waals surface area contributed by atoms with E-state index in [-0.39, 0.29) is 0 Å². The summed E-state index contributed by atoms with van der Waals surface area (Å²) in [5.41, 5.74) is 6.36. The molecule has 0 bridgehead atoms. The lowest BCUT2D eigenvalue weighted by molar-refractivity contribution is 0.0753. The van der Waals surface area contributed by atoms with Crippen molar-refractivity contribution in [2.24, 2.45) is 0 Å². The predicted octanol–water partition coefficient (Wildman–Crippen LogP) is 2.62. The number of nitrogens with two attached hydrogens (primary N) is 1. The number of nitrogens with zero attached hydrogens (tertiary/aromatic N) is 1. The fourth-order valence-electron chi connectivity index (χ4n) is 1.41. The number of fused-ring (bicyclic) bond motifs is 1. The minimum Gasteiger partial charge on any atom is -0.397 e. The van der Waals surface area contributed by atoms with Crippen LogP contribution < -0.4 is 5.73 Å². The summed E-state index contributed by atoms with van der Waals surface area (Å²) in [6.07, 6.45) is 1.34. The van der Waals surface area contributed by atoms with Gasteiger partial charge in [0.15, 0.2) is 0 Å². The van der Waals surface area contributed by atoms with Crippen molar-refractivity contribution in [3.8, 4) is 0 Å². The molecule has 0 aliphatic heterocycles. The van der Waals surface area contributed by atoms with Gasteiger partial charge in [-0.05, 0) is 12.1 Å². The first kappa shape index (κ1) is 8.04. The zero-order valence-electron chi connectivity index (χ0n) is 6.74. The van der Waals surface area contributed by atoms with Crippen molar-refractivity contribution in [2.45, 2.75) is 6.55 Å². The van der Waals surface area contributed by atoms with Crippen molar-refractivity contribution in [3.05, 3.63) is 30.5 Å². The van der Waals surface area contributed by atoms with E-state index >= 15 is 0 Å². The number of alkyl halides is 2. The molecule has 2 rings (SSSR count). The van der Waals surface area contributed by atoms with Gasteiger partial charge < -0.3 is 5.73 Å². The van der Waals surface area contributed by atoms with Crippen molar-refractivity contribution in [1.29, 1.82) is 0 Å². The summed E-state index contributed by atoms with van der Waals surface area (Å²) in [4.78, 5) is 0. The number of hydrogen-bond donors (Lipinski definition) is 1. The molecule has 0 aliphatic rings. The molecule has 0 amide bonds. The molecule has 1 aromatic heterocycles. The number of aromatic nitrogens is 1. The standard InChI is InChI=1S/C9H8F2N2/c10-9(11)13-5-4-6-2-1-3-7(12)8(6)13/h1-5,9H,12H2. The third-order valence-corrected chi connectivity index (χ3v) is 1.98. The van der Waals surface area contributed by atoms with Crippen LogP contribution in [0.5, 0.6) is 0 Å². The van der Waals surface area contributed by atoms with Gasteiger partial charge in [-0.1, -0.05) is 12.1 Å². The van der Waals surface area contributed by atoms with Crippen LogP contribution >= 0.6 is 0 Å². The molecule has 0 atom stereocenters. The zero-order chi connectivity index (χ0) is 9.42. The Morgan fingerprint density at radius 2 is 2.00 bits per heavy atom. The summed E-state index contributed by atoms with van der Waals surface area (Å²) in [5.74, 6) is 0. The number of para-hydroxylation sites is 1. The summed E-state index contributed by atoms with van der Waals surface area (Å²) in [7, 11) is 0. The largest absolute Gasteiger partial charge is 0.397 e. The average Bonchev–Trinajstić information content (AvgIpc) is 2.49. The fraction of sp³-hybridized carbons (Fsp3) is 0.111. The van der Waals surface area contributed by atoms with Gasteiger partial charge in [0.1, 0.15) is 0 Å². The van der Waals surface area contributed by atoms with E-state index in [0.29, 0.717) is 11.2 Å². The fourth-order valence-corrected chi connectivity index (χ4v) is 1.41. The van der Waals surface area contributed by atoms with Gasteiger partial charge in [-0.3, -0.25) is 4.57 Å². The van der Waals surface area contributed by atoms with E-state index in [0.717, 1.165) is 9.95 Å². The van der Waals surface area contributed by atoms with Crippen LogP contribution in [0.2, 0.25) is 0 Å². The molecule has 2 N–H and O–H groups in total. The van der Waals surface area contributed by atoms with Crippen LogP contribution in [0, 0.1) is 0 Å². The molecule has 1 aromatic carbocycles. The Kier molecular flexibility index (Phi) is 1.69. The molecule has 2 aromatic rings. The lowest BCUT2D eigenvalue weighted by Crippen LogP contribution is -1.98. The summed E-state index contributed by atoms with van der Waals surface area (Å²) in [6.45, 7) is -2.54. The minimum absolute atomic E-state index is 0.378. The van der Waals surface area contributed by atoms with Crippen LogP contribution in [-0.4, -0.2) is 4.57 Å². The van der Waals surface area contributed by atoms with Crippen molar-refractivity contribution in [2.75, 3.05) is 5.73 Å². The van der Waals surface area contributed by atoms with E-state index in [4.69, 9.17) is 5.73 Å². The highest BCUT2D eigenvalue weighted by Gasteiger charge is 2.10. The maximum Gasteiger partial charge on any atom is 0.319 e. The van der Waals surface area contributed by atoms with E-state index in [1.54, 1.807) is 24.3 Å². The van der Waals surface area contributed by atoms with E-state index in [2.05, 4.69) is 0 Å². The van der Waals surface area contributed by atoms with Crippen LogP contribution in [0.25, 0.3) is 10.9 Å². The van der Waals surface area contributed by atoms with Crippen LogP contribution in [0.3, 0.4) is 0 Å². The first-order valence-electron chi connectivity index (χ1n) is 3.83. The molecule has 1 heterocycles. The lowest BCUT2D eigenvalue weighted by atomic mass is 10.2. The van der Waals surface area contributed by atoms with Gasteiger partial charge in [-0.15, -0.1) is 0 Å². The topological polar surface area (TPSA) is 30.9 Å². The maximum atomic E-state index is 12.4. The number of benzene rings is 1. The Morgan fingerprint density at radius 1 is 1.23 bits per heavy atom. The number of rotatable bonds is 1. The first-order chi connectivity index (χ1) is 6.20. The minimum atomic E-state index is -2.54. The molecule has 0 aliphatic carbocycles. The highest BCUT2D eigenvalue weighted by Crippen LogP contribution is 2.26. The second-order valence-corrected chi connectivity index (χ2v) is 2.79. The second-order valence-electron chi connectivity index (χ2n) is 2.79. The molecule has 68 valence electrons. The van der Waals surface area contributed by atoms with Crippen LogP contribution in [0.1, 0.15) is 6.55 Å². The van der Waals surface area contributed by atoms with Gasteiger partial charge in [0.2, 0.25) is 0 Å². The highest BCUT2D eigenvalue weighted by atomic mass is 19.3. The van der Waals surface area contributed by atoms with Crippen molar-refractivity contribution < 1.29 is 8.78 Å². The number of halogens is 2. The van der Waals surface area contributed by atoms with E-state index in [9.17, 15) is 8.78 Å². The predicted molar refractivity (Wildman–Crippen MR) is 47.6 cm³/mol. The molecule has 0 unspecified atom stereocenters. The SMILES string of the molecule is Nc1cccc2ccn(C(F)F)c12. The molecular formula is C9H8F2N2. The van der Waals surface area contributed by atoms with E-state index < -0.39 is 6.55 Å². The molecule has 0 radical (unpaired) electrons. The molecule has 2 nitrogen and oxygen atoms in total. The van der Waals surface area contributed by atoms with Gasteiger partial charge >= 0.3 is 6.55 Å². The summed E-state index contributed by atoms with van der Waals surface area (Å²) in [5, 5.41) is 0.736. The van der Waals surface area contributed by atoms with Crippen molar-refractivity contribution in [1.82, 2.24) is 4.57 Å². The van der Waals surface area contributed by atoms with Crippen molar-refractivity contribution in [3.63, 3.8) is 0 Å². The second kappa shape index (κ2) is 2.73. The Balaban J connectivity index is 2.79. The number of hydrogen-bond acceptors (Lipinski definition) is 1. The summed E-state index contributed by atoms with van der Waals surface area (Å²) >= 11 is 0. The molecule has 0 spiro atoms. The van der Waals surface area contributed by atoms with Gasteiger partial charge in [0.05, 0.1) is 11.2 Å². The third kappa shape index (κ3) is 1.14. The molecule has 0 saturated heterocycles. The zero-order valence-corrected chi connectivity index (χ0v) is 6.74. The molecule has 0 saturated carbocycles. The summed E-state index contributed by atoms with van der Waals surface area (Å²) < 4.78 is 25.7. The molecule has 4 heteroatoms. The first-order valence-corrected chi connectivity index (χ1v) is 3.83. The monoisotopic (exact) mass is 182 g/mol. The Morgan fingerprint density at radius 3 is 2.69 bits per heavy atom. The van der Waals surface area contributed by atoms with Gasteiger partial charge in [-0.25, -0.2) is 0 Å². The van der Waals surface area contributed by atoms with Crippen molar-refractivity contribution >= 4 is 16.6 Å². The van der Waals surface area contributed by atoms with Gasteiger partial charge in [-0.2, -0.15) is 8.78 Å². The smallest absolute Gasteiger partial charge is 0.319 e. The summed E-state index contributed by atoms with van der Waals surface area (Å²) in [6, 6.07) is 6.73. The maximum absolute atomic E-state index is 12.4. The normalized spacial score (nSPS) is 11.3. The number of anilines is 1. The van der Waals surface area contributed by atoms with E-state index in [1.807, 2.05) is 0 Å². The van der Waals surface area contributed by atoms with Gasteiger partial charge in [0.25, 0.3) is 0 Å². The van der Waals surface area contributed by atoms with Crippen LogP contribution in [0.15, 0.2) is 30.5 Å². The highest BCUT2D eigenvalue weighted by molar-refractivity contribution is 5.90. The Hall–Kier alpha value is -1.58. The lowest BCUT2D eigenvalue weighted by Gasteiger charge is -2.04. The van der Waals surface area contributed by atoms with Crippen LogP contribution in [-0.2, 0) is 0 Å². The number of nitrogen functional groups attached to an aromatic ring is 1. The Bertz CT molecular complexity index is 434. The van der Waals surface area contributed by atoms with Gasteiger partial charge in [0, 0.05) is 11.6 Å². The molecular weight excluding hydrogens is 174 g/mol. The molecule has 0 fully saturated rings. The Labute approximate surface area is 73.6 Å². The average molecular weight is 182 g/mol. The molecule has 13 heavy (non-hydrogen) atoms. The third-order valence-electron chi connectivity index (χ3n) is 1.98. The quantitative estimate of drug-likeness (QED) is 0.675.